The summed E-state index contributed by atoms with van der Waals surface area (Å²) in [6.07, 6.45) is 0. The predicted molar refractivity (Wildman–Crippen MR) is 63.7 cm³/mol. The summed E-state index contributed by atoms with van der Waals surface area (Å²) in [5.41, 5.74) is 7.89. The zero-order valence-electron chi connectivity index (χ0n) is 9.16. The summed E-state index contributed by atoms with van der Waals surface area (Å²) < 4.78 is 10.4. The van der Waals surface area contributed by atoms with E-state index in [1.165, 1.54) is 5.56 Å². The van der Waals surface area contributed by atoms with Crippen LogP contribution in [0.4, 0.5) is 0 Å². The first-order chi connectivity index (χ1) is 6.77. The number of halogens is 1. The molecule has 15 heavy (non-hydrogen) atoms. The van der Waals surface area contributed by atoms with Crippen LogP contribution in [0.25, 0.3) is 0 Å². The fourth-order valence-electron chi connectivity index (χ4n) is 1.23. The Bertz CT molecular complexity index is 292. The highest BCUT2D eigenvalue weighted by Crippen LogP contribution is 2.16. The molecule has 0 aliphatic heterocycles. The van der Waals surface area contributed by atoms with Gasteiger partial charge in [0.25, 0.3) is 0 Å². The summed E-state index contributed by atoms with van der Waals surface area (Å²) in [7, 11) is 1.66. The first-order valence-corrected chi connectivity index (χ1v) is 4.69. The third kappa shape index (κ3) is 4.51. The Hall–Kier alpha value is -0.770. The summed E-state index contributed by atoms with van der Waals surface area (Å²) in [5, 5.41) is 0. The van der Waals surface area contributed by atoms with Gasteiger partial charge in [0.2, 0.25) is 0 Å². The van der Waals surface area contributed by atoms with E-state index in [4.69, 9.17) is 15.2 Å². The molecule has 0 saturated heterocycles. The van der Waals surface area contributed by atoms with Gasteiger partial charge in [-0.3, -0.25) is 0 Å². The second kappa shape index (κ2) is 7.51. The Kier molecular flexibility index (Phi) is 7.13. The van der Waals surface area contributed by atoms with E-state index in [2.05, 4.69) is 0 Å². The van der Waals surface area contributed by atoms with Crippen molar-refractivity contribution in [2.75, 3.05) is 20.3 Å². The van der Waals surface area contributed by atoms with Gasteiger partial charge >= 0.3 is 0 Å². The number of nitrogens with two attached hydrogens (primary N) is 1. The van der Waals surface area contributed by atoms with Gasteiger partial charge in [0.05, 0.1) is 6.61 Å². The number of aryl methyl sites for hydroxylation is 1. The van der Waals surface area contributed by atoms with Crippen LogP contribution >= 0.6 is 12.4 Å². The van der Waals surface area contributed by atoms with E-state index in [0.717, 1.165) is 11.3 Å². The molecule has 1 rings (SSSR count). The Morgan fingerprint density at radius 3 is 2.53 bits per heavy atom. The zero-order valence-corrected chi connectivity index (χ0v) is 9.97. The molecule has 0 heterocycles. The van der Waals surface area contributed by atoms with Gasteiger partial charge in [0.1, 0.15) is 12.4 Å². The molecule has 0 bridgehead atoms. The Balaban J connectivity index is 0.00000196. The topological polar surface area (TPSA) is 44.5 Å². The molecule has 0 fully saturated rings. The van der Waals surface area contributed by atoms with E-state index in [0.29, 0.717) is 19.8 Å². The second-order valence-corrected chi connectivity index (χ2v) is 3.13. The maximum absolute atomic E-state index is 5.56. The lowest BCUT2D eigenvalue weighted by atomic mass is 10.1. The van der Waals surface area contributed by atoms with E-state index < -0.39 is 0 Å². The van der Waals surface area contributed by atoms with Crippen molar-refractivity contribution in [2.45, 2.75) is 13.5 Å². The first kappa shape index (κ1) is 14.2. The quantitative estimate of drug-likeness (QED) is 0.788. The fraction of sp³-hybridized carbons (Fsp3) is 0.455. The van der Waals surface area contributed by atoms with E-state index in [1.807, 2.05) is 25.1 Å². The van der Waals surface area contributed by atoms with Crippen molar-refractivity contribution in [2.24, 2.45) is 5.73 Å². The van der Waals surface area contributed by atoms with Gasteiger partial charge in [-0.15, -0.1) is 12.4 Å². The number of rotatable bonds is 5. The lowest BCUT2D eigenvalue weighted by molar-refractivity contribution is 0.146. The zero-order chi connectivity index (χ0) is 10.4. The predicted octanol–water partition coefficient (Wildman–Crippen LogP) is 1.90. The minimum atomic E-state index is 0. The molecule has 0 spiro atoms. The maximum Gasteiger partial charge on any atom is 0.119 e. The van der Waals surface area contributed by atoms with Gasteiger partial charge < -0.3 is 15.2 Å². The SMILES string of the molecule is COCCOc1ccc(CN)c(C)c1.Cl. The van der Waals surface area contributed by atoms with Crippen molar-refractivity contribution in [3.05, 3.63) is 29.3 Å². The van der Waals surface area contributed by atoms with Crippen molar-refractivity contribution >= 4 is 12.4 Å². The van der Waals surface area contributed by atoms with Crippen molar-refractivity contribution in [1.29, 1.82) is 0 Å². The van der Waals surface area contributed by atoms with Crippen molar-refractivity contribution in [3.63, 3.8) is 0 Å². The summed E-state index contributed by atoms with van der Waals surface area (Å²) in [4.78, 5) is 0. The average Bonchev–Trinajstić information content (AvgIpc) is 2.18. The molecule has 0 aromatic heterocycles. The lowest BCUT2D eigenvalue weighted by Gasteiger charge is -2.08. The molecule has 0 saturated carbocycles. The van der Waals surface area contributed by atoms with Crippen LogP contribution in [0.5, 0.6) is 5.75 Å². The lowest BCUT2D eigenvalue weighted by Crippen LogP contribution is -2.05. The molecule has 0 unspecified atom stereocenters. The van der Waals surface area contributed by atoms with Gasteiger partial charge in [0, 0.05) is 13.7 Å². The minimum absolute atomic E-state index is 0. The van der Waals surface area contributed by atoms with Crippen LogP contribution in [-0.2, 0) is 11.3 Å². The van der Waals surface area contributed by atoms with E-state index >= 15 is 0 Å². The van der Waals surface area contributed by atoms with Crippen LogP contribution in [0.15, 0.2) is 18.2 Å². The van der Waals surface area contributed by atoms with Crippen LogP contribution in [-0.4, -0.2) is 20.3 Å². The molecule has 1 aromatic carbocycles. The smallest absolute Gasteiger partial charge is 0.119 e. The third-order valence-corrected chi connectivity index (χ3v) is 2.09. The summed E-state index contributed by atoms with van der Waals surface area (Å²) in [5.74, 6) is 0.872. The molecule has 1 aromatic rings. The molecular weight excluding hydrogens is 214 g/mol. The van der Waals surface area contributed by atoms with E-state index in [9.17, 15) is 0 Å². The van der Waals surface area contributed by atoms with Crippen molar-refractivity contribution in [3.8, 4) is 5.75 Å². The highest BCUT2D eigenvalue weighted by molar-refractivity contribution is 5.85. The normalized spacial score (nSPS) is 9.53. The van der Waals surface area contributed by atoms with Gasteiger partial charge in [-0.05, 0) is 30.2 Å². The Morgan fingerprint density at radius 1 is 1.27 bits per heavy atom. The summed E-state index contributed by atoms with van der Waals surface area (Å²) >= 11 is 0. The number of hydrogen-bond donors (Lipinski definition) is 1. The highest BCUT2D eigenvalue weighted by atomic mass is 35.5. The van der Waals surface area contributed by atoms with E-state index in [-0.39, 0.29) is 12.4 Å². The Morgan fingerprint density at radius 2 is 2.00 bits per heavy atom. The standard InChI is InChI=1S/C11H17NO2.ClH/c1-9-7-11(14-6-5-13-2)4-3-10(9)8-12;/h3-4,7H,5-6,8,12H2,1-2H3;1H. The summed E-state index contributed by atoms with van der Waals surface area (Å²) in [6.45, 7) is 3.80. The molecular formula is C11H18ClNO2. The monoisotopic (exact) mass is 231 g/mol. The van der Waals surface area contributed by atoms with Gasteiger partial charge in [-0.25, -0.2) is 0 Å². The third-order valence-electron chi connectivity index (χ3n) is 2.09. The van der Waals surface area contributed by atoms with Gasteiger partial charge in [0.15, 0.2) is 0 Å². The van der Waals surface area contributed by atoms with Crippen LogP contribution in [0.1, 0.15) is 11.1 Å². The number of ether oxygens (including phenoxy) is 2. The van der Waals surface area contributed by atoms with Gasteiger partial charge in [-0.2, -0.15) is 0 Å². The molecule has 86 valence electrons. The molecule has 0 amide bonds. The molecule has 0 aliphatic carbocycles. The minimum Gasteiger partial charge on any atom is -0.491 e. The van der Waals surface area contributed by atoms with E-state index in [1.54, 1.807) is 7.11 Å². The van der Waals surface area contributed by atoms with Crippen LogP contribution in [0, 0.1) is 6.92 Å². The maximum atomic E-state index is 5.56. The fourth-order valence-corrected chi connectivity index (χ4v) is 1.23. The molecule has 0 radical (unpaired) electrons. The average molecular weight is 232 g/mol. The summed E-state index contributed by atoms with van der Waals surface area (Å²) in [6, 6.07) is 5.93. The van der Waals surface area contributed by atoms with Crippen LogP contribution in [0.3, 0.4) is 0 Å². The van der Waals surface area contributed by atoms with Crippen LogP contribution < -0.4 is 10.5 Å². The number of benzene rings is 1. The van der Waals surface area contributed by atoms with Crippen molar-refractivity contribution in [1.82, 2.24) is 0 Å². The molecule has 3 nitrogen and oxygen atoms in total. The van der Waals surface area contributed by atoms with Gasteiger partial charge in [-0.1, -0.05) is 6.07 Å². The second-order valence-electron chi connectivity index (χ2n) is 3.13. The molecule has 2 N–H and O–H groups in total. The van der Waals surface area contributed by atoms with Crippen LogP contribution in [0.2, 0.25) is 0 Å². The number of hydrogen-bond acceptors (Lipinski definition) is 3. The molecule has 0 aliphatic rings. The number of methoxy groups -OCH3 is 1. The van der Waals surface area contributed by atoms with Crippen molar-refractivity contribution < 1.29 is 9.47 Å². The first-order valence-electron chi connectivity index (χ1n) is 4.69. The highest BCUT2D eigenvalue weighted by Gasteiger charge is 1.98. The largest absolute Gasteiger partial charge is 0.491 e. The Labute approximate surface area is 97.0 Å². The molecule has 4 heteroatoms. The molecule has 0 atom stereocenters.